The third kappa shape index (κ3) is 2.34. The zero-order valence-corrected chi connectivity index (χ0v) is 11.7. The quantitative estimate of drug-likeness (QED) is 0.482. The van der Waals surface area contributed by atoms with Gasteiger partial charge < -0.3 is 9.47 Å². The summed E-state index contributed by atoms with van der Waals surface area (Å²) in [5.41, 5.74) is 3.06. The van der Waals surface area contributed by atoms with E-state index in [0.717, 1.165) is 31.4 Å². The molecule has 0 N–H and O–H groups in total. The van der Waals surface area contributed by atoms with Crippen molar-refractivity contribution in [2.24, 2.45) is 0 Å². The van der Waals surface area contributed by atoms with Gasteiger partial charge in [0, 0.05) is 6.42 Å². The van der Waals surface area contributed by atoms with E-state index in [9.17, 15) is 4.79 Å². The van der Waals surface area contributed by atoms with E-state index in [4.69, 9.17) is 9.47 Å². The number of hydrogen-bond acceptors (Lipinski definition) is 3. The molecular formula is C18H16O3. The molecule has 2 aromatic rings. The first-order valence-corrected chi connectivity index (χ1v) is 7.28. The number of carbonyl (C=O) groups excluding carboxylic acids is 1. The first kappa shape index (κ1) is 12.6. The average molecular weight is 280 g/mol. The highest BCUT2D eigenvalue weighted by Crippen LogP contribution is 2.43. The van der Waals surface area contributed by atoms with Gasteiger partial charge in [-0.3, -0.25) is 0 Å². The Labute approximate surface area is 123 Å². The van der Waals surface area contributed by atoms with E-state index < -0.39 is 0 Å². The van der Waals surface area contributed by atoms with Crippen molar-refractivity contribution in [3.05, 3.63) is 65.2 Å². The molecule has 1 aliphatic carbocycles. The van der Waals surface area contributed by atoms with Gasteiger partial charge in [0.25, 0.3) is 0 Å². The molecule has 0 bridgehead atoms. The minimum Gasteiger partial charge on any atom is -0.423 e. The Morgan fingerprint density at radius 3 is 2.67 bits per heavy atom. The average Bonchev–Trinajstić information content (AvgIpc) is 3.27. The molecule has 1 fully saturated rings. The van der Waals surface area contributed by atoms with Gasteiger partial charge in [-0.05, 0) is 42.2 Å². The summed E-state index contributed by atoms with van der Waals surface area (Å²) >= 11 is 0. The highest BCUT2D eigenvalue weighted by atomic mass is 16.6. The van der Waals surface area contributed by atoms with E-state index in [1.165, 1.54) is 5.56 Å². The molecule has 3 nitrogen and oxygen atoms in total. The van der Waals surface area contributed by atoms with Crippen molar-refractivity contribution in [3.8, 4) is 5.75 Å². The molecule has 106 valence electrons. The fourth-order valence-corrected chi connectivity index (χ4v) is 3.03. The SMILES string of the molecule is O=C(Oc1cccc2c1CCC1(CO1)C2)c1ccccc1. The van der Waals surface area contributed by atoms with E-state index in [0.29, 0.717) is 11.3 Å². The third-order valence-electron chi connectivity index (χ3n) is 4.34. The first-order valence-electron chi connectivity index (χ1n) is 7.28. The molecule has 0 aromatic heterocycles. The van der Waals surface area contributed by atoms with Gasteiger partial charge in [-0.25, -0.2) is 4.79 Å². The molecule has 2 aromatic carbocycles. The molecular weight excluding hydrogens is 264 g/mol. The van der Waals surface area contributed by atoms with Gasteiger partial charge in [0.05, 0.1) is 17.8 Å². The van der Waals surface area contributed by atoms with Crippen LogP contribution >= 0.6 is 0 Å². The van der Waals surface area contributed by atoms with Gasteiger partial charge in [-0.15, -0.1) is 0 Å². The zero-order valence-electron chi connectivity index (χ0n) is 11.7. The molecule has 1 unspecified atom stereocenters. The summed E-state index contributed by atoms with van der Waals surface area (Å²) in [6, 6.07) is 15.0. The fourth-order valence-electron chi connectivity index (χ4n) is 3.03. The normalized spacial score (nSPS) is 22.7. The molecule has 4 rings (SSSR count). The van der Waals surface area contributed by atoms with Crippen LogP contribution in [0.5, 0.6) is 5.75 Å². The van der Waals surface area contributed by atoms with Crippen molar-refractivity contribution < 1.29 is 14.3 Å². The van der Waals surface area contributed by atoms with Crippen LogP contribution in [-0.2, 0) is 17.6 Å². The van der Waals surface area contributed by atoms with Crippen LogP contribution in [0.3, 0.4) is 0 Å². The Bertz CT molecular complexity index is 687. The van der Waals surface area contributed by atoms with Gasteiger partial charge >= 0.3 is 5.97 Å². The maximum atomic E-state index is 12.2. The highest BCUT2D eigenvalue weighted by molar-refractivity contribution is 5.91. The lowest BCUT2D eigenvalue weighted by Gasteiger charge is -2.23. The molecule has 1 saturated heterocycles. The van der Waals surface area contributed by atoms with E-state index in [1.54, 1.807) is 12.1 Å². The Morgan fingerprint density at radius 2 is 1.90 bits per heavy atom. The predicted molar refractivity (Wildman–Crippen MR) is 78.6 cm³/mol. The lowest BCUT2D eigenvalue weighted by molar-refractivity contribution is 0.0732. The maximum Gasteiger partial charge on any atom is 0.343 e. The van der Waals surface area contributed by atoms with Crippen LogP contribution in [0.2, 0.25) is 0 Å². The number of hydrogen-bond donors (Lipinski definition) is 0. The number of epoxide rings is 1. The van der Waals surface area contributed by atoms with Crippen molar-refractivity contribution >= 4 is 5.97 Å². The van der Waals surface area contributed by atoms with Crippen molar-refractivity contribution in [1.82, 2.24) is 0 Å². The second-order valence-corrected chi connectivity index (χ2v) is 5.80. The lowest BCUT2D eigenvalue weighted by atomic mass is 9.83. The molecule has 0 amide bonds. The Hall–Kier alpha value is -2.13. The molecule has 1 spiro atoms. The second-order valence-electron chi connectivity index (χ2n) is 5.80. The van der Waals surface area contributed by atoms with Crippen LogP contribution in [0.15, 0.2) is 48.5 Å². The topological polar surface area (TPSA) is 38.8 Å². The largest absolute Gasteiger partial charge is 0.423 e. The van der Waals surface area contributed by atoms with Gasteiger partial charge in [-0.1, -0.05) is 30.3 Å². The van der Waals surface area contributed by atoms with Gasteiger partial charge in [0.15, 0.2) is 0 Å². The summed E-state index contributed by atoms with van der Waals surface area (Å²) in [6.07, 6.45) is 2.85. The molecule has 1 heterocycles. The summed E-state index contributed by atoms with van der Waals surface area (Å²) in [6.45, 7) is 0.862. The summed E-state index contributed by atoms with van der Waals surface area (Å²) in [7, 11) is 0. The monoisotopic (exact) mass is 280 g/mol. The minimum atomic E-state index is -0.299. The highest BCUT2D eigenvalue weighted by Gasteiger charge is 2.47. The lowest BCUT2D eigenvalue weighted by Crippen LogP contribution is -2.23. The number of benzene rings is 2. The molecule has 0 radical (unpaired) electrons. The van der Waals surface area contributed by atoms with Crippen LogP contribution in [-0.4, -0.2) is 18.2 Å². The molecule has 3 heteroatoms. The summed E-state index contributed by atoms with van der Waals surface area (Å²) in [4.78, 5) is 12.2. The number of ether oxygens (including phenoxy) is 2. The van der Waals surface area contributed by atoms with Crippen LogP contribution in [0.1, 0.15) is 27.9 Å². The second kappa shape index (κ2) is 4.71. The molecule has 1 atom stereocenters. The van der Waals surface area contributed by atoms with Crippen LogP contribution < -0.4 is 4.74 Å². The Balaban J connectivity index is 1.60. The molecule has 21 heavy (non-hydrogen) atoms. The smallest absolute Gasteiger partial charge is 0.343 e. The van der Waals surface area contributed by atoms with Gasteiger partial charge in [-0.2, -0.15) is 0 Å². The Morgan fingerprint density at radius 1 is 1.10 bits per heavy atom. The van der Waals surface area contributed by atoms with E-state index in [-0.39, 0.29) is 11.6 Å². The molecule has 2 aliphatic rings. The van der Waals surface area contributed by atoms with Gasteiger partial charge in [0.1, 0.15) is 5.75 Å². The predicted octanol–water partition coefficient (Wildman–Crippen LogP) is 3.16. The van der Waals surface area contributed by atoms with E-state index in [2.05, 4.69) is 6.07 Å². The standard InChI is InChI=1S/C18H16O3/c19-17(13-5-2-1-3-6-13)21-16-8-4-7-14-11-18(12-20-18)10-9-15(14)16/h1-8H,9-12H2. The van der Waals surface area contributed by atoms with Crippen LogP contribution in [0, 0.1) is 0 Å². The van der Waals surface area contributed by atoms with E-state index >= 15 is 0 Å². The zero-order chi connectivity index (χ0) is 14.3. The maximum absolute atomic E-state index is 12.2. The van der Waals surface area contributed by atoms with Crippen molar-refractivity contribution in [3.63, 3.8) is 0 Å². The first-order chi connectivity index (χ1) is 10.3. The van der Waals surface area contributed by atoms with Crippen molar-refractivity contribution in [2.45, 2.75) is 24.9 Å². The summed E-state index contributed by atoms with van der Waals surface area (Å²) in [5.74, 6) is 0.392. The van der Waals surface area contributed by atoms with E-state index in [1.807, 2.05) is 30.3 Å². The summed E-state index contributed by atoms with van der Waals surface area (Å²) in [5, 5.41) is 0. The van der Waals surface area contributed by atoms with Gasteiger partial charge in [0.2, 0.25) is 0 Å². The molecule has 1 aliphatic heterocycles. The minimum absolute atomic E-state index is 0.0784. The number of esters is 1. The van der Waals surface area contributed by atoms with Crippen molar-refractivity contribution in [1.29, 1.82) is 0 Å². The van der Waals surface area contributed by atoms with Crippen molar-refractivity contribution in [2.75, 3.05) is 6.61 Å². The number of rotatable bonds is 2. The Kier molecular flexibility index (Phi) is 2.82. The van der Waals surface area contributed by atoms with Crippen LogP contribution in [0.4, 0.5) is 0 Å². The number of fused-ring (bicyclic) bond motifs is 1. The van der Waals surface area contributed by atoms with Crippen LogP contribution in [0.25, 0.3) is 0 Å². The molecule has 0 saturated carbocycles. The number of carbonyl (C=O) groups is 1. The third-order valence-corrected chi connectivity index (χ3v) is 4.34. The summed E-state index contributed by atoms with van der Waals surface area (Å²) < 4.78 is 11.2. The fraction of sp³-hybridized carbons (Fsp3) is 0.278.